The normalized spacial score (nSPS) is 22.0. The minimum atomic E-state index is 0.730. The number of rotatable bonds is 3. The predicted octanol–water partition coefficient (Wildman–Crippen LogP) is 1.42. The zero-order valence-corrected chi connectivity index (χ0v) is 8.71. The maximum Gasteiger partial charge on any atom is 0.0113 e. The van der Waals surface area contributed by atoms with Crippen LogP contribution in [0.25, 0.3) is 0 Å². The van der Waals surface area contributed by atoms with E-state index >= 15 is 0 Å². The van der Waals surface area contributed by atoms with E-state index in [1.165, 1.54) is 39.1 Å². The van der Waals surface area contributed by atoms with Crippen LogP contribution >= 0.6 is 0 Å². The van der Waals surface area contributed by atoms with Crippen molar-refractivity contribution in [3.05, 3.63) is 0 Å². The van der Waals surface area contributed by atoms with Crippen molar-refractivity contribution in [3.63, 3.8) is 0 Å². The molecule has 2 nitrogen and oxygen atoms in total. The standard InChI is InChI=1S/C10H22N2/c1-4-5-11-6-8-12(9-7-11)10(2)3/h10H,4-9H2,1-3H3. The molecule has 0 aromatic rings. The van der Waals surface area contributed by atoms with Crippen LogP contribution in [0.4, 0.5) is 0 Å². The fourth-order valence-electron chi connectivity index (χ4n) is 1.82. The van der Waals surface area contributed by atoms with Gasteiger partial charge in [-0.3, -0.25) is 4.90 Å². The molecule has 0 unspecified atom stereocenters. The first-order valence-corrected chi connectivity index (χ1v) is 5.20. The second-order valence-electron chi connectivity index (χ2n) is 3.97. The maximum absolute atomic E-state index is 2.57. The first-order valence-electron chi connectivity index (χ1n) is 5.20. The van der Waals surface area contributed by atoms with Gasteiger partial charge in [-0.1, -0.05) is 6.92 Å². The molecule has 72 valence electrons. The molecule has 2 heteroatoms. The van der Waals surface area contributed by atoms with Crippen LogP contribution in [0.5, 0.6) is 0 Å². The molecule has 0 spiro atoms. The number of piperazine rings is 1. The van der Waals surface area contributed by atoms with Crippen molar-refractivity contribution >= 4 is 0 Å². The first kappa shape index (κ1) is 10.0. The summed E-state index contributed by atoms with van der Waals surface area (Å²) in [6.07, 6.45) is 1.29. The molecule has 1 fully saturated rings. The van der Waals surface area contributed by atoms with Crippen LogP contribution in [-0.2, 0) is 0 Å². The van der Waals surface area contributed by atoms with E-state index in [-0.39, 0.29) is 0 Å². The molecule has 1 aliphatic heterocycles. The van der Waals surface area contributed by atoms with Crippen molar-refractivity contribution in [2.75, 3.05) is 32.7 Å². The Balaban J connectivity index is 2.20. The fourth-order valence-corrected chi connectivity index (χ4v) is 1.82. The summed E-state index contributed by atoms with van der Waals surface area (Å²) in [5, 5.41) is 0. The number of hydrogen-bond donors (Lipinski definition) is 0. The number of nitrogens with zero attached hydrogens (tertiary/aromatic N) is 2. The van der Waals surface area contributed by atoms with E-state index in [0.29, 0.717) is 0 Å². The third-order valence-corrected chi connectivity index (χ3v) is 2.68. The van der Waals surface area contributed by atoms with Gasteiger partial charge in [0.1, 0.15) is 0 Å². The lowest BCUT2D eigenvalue weighted by molar-refractivity contribution is 0.109. The molecule has 0 atom stereocenters. The third kappa shape index (κ3) is 2.76. The molecule has 1 aliphatic rings. The topological polar surface area (TPSA) is 6.48 Å². The lowest BCUT2D eigenvalue weighted by Crippen LogP contribution is -2.48. The Morgan fingerprint density at radius 3 is 2.08 bits per heavy atom. The van der Waals surface area contributed by atoms with Crippen LogP contribution in [0.2, 0.25) is 0 Å². The van der Waals surface area contributed by atoms with Gasteiger partial charge in [-0.05, 0) is 26.8 Å². The minimum absolute atomic E-state index is 0.730. The lowest BCUT2D eigenvalue weighted by Gasteiger charge is -2.36. The summed E-state index contributed by atoms with van der Waals surface area (Å²) in [7, 11) is 0. The highest BCUT2D eigenvalue weighted by atomic mass is 15.3. The van der Waals surface area contributed by atoms with Crippen molar-refractivity contribution in [3.8, 4) is 0 Å². The Morgan fingerprint density at radius 1 is 1.08 bits per heavy atom. The van der Waals surface area contributed by atoms with Gasteiger partial charge in [-0.15, -0.1) is 0 Å². The molecule has 1 rings (SSSR count). The average molecular weight is 170 g/mol. The summed E-state index contributed by atoms with van der Waals surface area (Å²) in [5.41, 5.74) is 0. The van der Waals surface area contributed by atoms with Crippen molar-refractivity contribution < 1.29 is 0 Å². The van der Waals surface area contributed by atoms with E-state index in [0.717, 1.165) is 6.04 Å². The van der Waals surface area contributed by atoms with Gasteiger partial charge in [0.25, 0.3) is 0 Å². The average Bonchev–Trinajstić information content (AvgIpc) is 2.06. The van der Waals surface area contributed by atoms with Gasteiger partial charge in [0.15, 0.2) is 0 Å². The molecular formula is C10H22N2. The summed E-state index contributed by atoms with van der Waals surface area (Å²) in [6, 6.07) is 0.730. The van der Waals surface area contributed by atoms with Crippen molar-refractivity contribution in [1.82, 2.24) is 9.80 Å². The fraction of sp³-hybridized carbons (Fsp3) is 1.00. The molecular weight excluding hydrogens is 148 g/mol. The van der Waals surface area contributed by atoms with Gasteiger partial charge in [-0.25, -0.2) is 0 Å². The maximum atomic E-state index is 2.57. The van der Waals surface area contributed by atoms with Crippen LogP contribution in [0.1, 0.15) is 27.2 Å². The molecule has 0 aromatic carbocycles. The van der Waals surface area contributed by atoms with Gasteiger partial charge in [-0.2, -0.15) is 0 Å². The number of hydrogen-bond acceptors (Lipinski definition) is 2. The molecule has 0 N–H and O–H groups in total. The quantitative estimate of drug-likeness (QED) is 0.632. The van der Waals surface area contributed by atoms with E-state index in [1.54, 1.807) is 0 Å². The SMILES string of the molecule is CCCN1CCN(C(C)C)CC1. The van der Waals surface area contributed by atoms with E-state index in [4.69, 9.17) is 0 Å². The van der Waals surface area contributed by atoms with Crippen LogP contribution in [0.3, 0.4) is 0 Å². The van der Waals surface area contributed by atoms with Crippen LogP contribution in [0.15, 0.2) is 0 Å². The smallest absolute Gasteiger partial charge is 0.0113 e. The van der Waals surface area contributed by atoms with E-state index in [1.807, 2.05) is 0 Å². The van der Waals surface area contributed by atoms with Gasteiger partial charge in [0.2, 0.25) is 0 Å². The molecule has 0 amide bonds. The highest BCUT2D eigenvalue weighted by Gasteiger charge is 2.17. The highest BCUT2D eigenvalue weighted by Crippen LogP contribution is 2.05. The molecule has 0 radical (unpaired) electrons. The van der Waals surface area contributed by atoms with Crippen molar-refractivity contribution in [1.29, 1.82) is 0 Å². The Kier molecular flexibility index (Phi) is 4.02. The van der Waals surface area contributed by atoms with E-state index < -0.39 is 0 Å². The van der Waals surface area contributed by atoms with E-state index in [2.05, 4.69) is 30.6 Å². The zero-order chi connectivity index (χ0) is 8.97. The van der Waals surface area contributed by atoms with Crippen LogP contribution in [-0.4, -0.2) is 48.6 Å². The molecule has 12 heavy (non-hydrogen) atoms. The van der Waals surface area contributed by atoms with Gasteiger partial charge < -0.3 is 4.90 Å². The Bertz CT molecular complexity index is 115. The van der Waals surface area contributed by atoms with Gasteiger partial charge in [0, 0.05) is 32.2 Å². The molecule has 0 saturated carbocycles. The zero-order valence-electron chi connectivity index (χ0n) is 8.71. The highest BCUT2D eigenvalue weighted by molar-refractivity contribution is 4.73. The second kappa shape index (κ2) is 4.83. The van der Waals surface area contributed by atoms with Gasteiger partial charge >= 0.3 is 0 Å². The Hall–Kier alpha value is -0.0800. The molecule has 0 aliphatic carbocycles. The first-order chi connectivity index (χ1) is 5.74. The van der Waals surface area contributed by atoms with Crippen LogP contribution in [0, 0.1) is 0 Å². The monoisotopic (exact) mass is 170 g/mol. The third-order valence-electron chi connectivity index (χ3n) is 2.68. The van der Waals surface area contributed by atoms with Crippen LogP contribution < -0.4 is 0 Å². The molecule has 0 bridgehead atoms. The largest absolute Gasteiger partial charge is 0.301 e. The molecule has 0 aromatic heterocycles. The molecule has 1 heterocycles. The minimum Gasteiger partial charge on any atom is -0.301 e. The molecule has 1 saturated heterocycles. The van der Waals surface area contributed by atoms with Crippen molar-refractivity contribution in [2.24, 2.45) is 0 Å². The van der Waals surface area contributed by atoms with Crippen molar-refractivity contribution in [2.45, 2.75) is 33.2 Å². The Labute approximate surface area is 76.5 Å². The second-order valence-corrected chi connectivity index (χ2v) is 3.97. The predicted molar refractivity (Wildman–Crippen MR) is 53.4 cm³/mol. The van der Waals surface area contributed by atoms with Gasteiger partial charge in [0.05, 0.1) is 0 Å². The summed E-state index contributed by atoms with van der Waals surface area (Å²) in [5.74, 6) is 0. The van der Waals surface area contributed by atoms with E-state index in [9.17, 15) is 0 Å². The Morgan fingerprint density at radius 2 is 1.67 bits per heavy atom. The summed E-state index contributed by atoms with van der Waals surface area (Å²) >= 11 is 0. The summed E-state index contributed by atoms with van der Waals surface area (Å²) in [6.45, 7) is 13.2. The lowest BCUT2D eigenvalue weighted by atomic mass is 10.2. The summed E-state index contributed by atoms with van der Waals surface area (Å²) < 4.78 is 0. The summed E-state index contributed by atoms with van der Waals surface area (Å²) in [4.78, 5) is 5.13.